The molecule has 0 aliphatic carbocycles. The SMILES string of the molecule is CN(C)CCCN1CCN(CCc2nc(-c3ccc4cc[nH]c4c3)no2)CC1. The lowest BCUT2D eigenvalue weighted by Crippen LogP contribution is -2.47. The van der Waals surface area contributed by atoms with Crippen molar-refractivity contribution in [3.8, 4) is 11.4 Å². The van der Waals surface area contributed by atoms with Gasteiger partial charge in [0.05, 0.1) is 0 Å². The van der Waals surface area contributed by atoms with Crippen molar-refractivity contribution in [2.24, 2.45) is 0 Å². The Morgan fingerprint density at radius 3 is 2.64 bits per heavy atom. The van der Waals surface area contributed by atoms with E-state index in [1.165, 1.54) is 18.4 Å². The third-order valence-electron chi connectivity index (χ3n) is 5.47. The summed E-state index contributed by atoms with van der Waals surface area (Å²) in [5.41, 5.74) is 2.07. The van der Waals surface area contributed by atoms with Gasteiger partial charge in [-0.15, -0.1) is 0 Å². The molecule has 3 aromatic rings. The molecule has 0 saturated carbocycles. The van der Waals surface area contributed by atoms with E-state index < -0.39 is 0 Å². The quantitative estimate of drug-likeness (QED) is 0.645. The largest absolute Gasteiger partial charge is 0.361 e. The topological polar surface area (TPSA) is 64.4 Å². The predicted octanol–water partition coefficient (Wildman–Crippen LogP) is 2.33. The molecule has 1 aliphatic heterocycles. The number of fused-ring (bicyclic) bond motifs is 1. The fraction of sp³-hybridized carbons (Fsp3) is 0.524. The summed E-state index contributed by atoms with van der Waals surface area (Å²) in [5.74, 6) is 1.38. The maximum Gasteiger partial charge on any atom is 0.228 e. The number of nitrogens with zero attached hydrogens (tertiary/aromatic N) is 5. The summed E-state index contributed by atoms with van der Waals surface area (Å²) >= 11 is 0. The molecule has 2 aromatic heterocycles. The molecule has 4 rings (SSSR count). The molecular weight excluding hydrogens is 352 g/mol. The van der Waals surface area contributed by atoms with Crippen molar-refractivity contribution in [2.75, 3.05) is 59.9 Å². The molecule has 1 aromatic carbocycles. The van der Waals surface area contributed by atoms with Gasteiger partial charge in [-0.25, -0.2) is 0 Å². The summed E-state index contributed by atoms with van der Waals surface area (Å²) in [4.78, 5) is 15.1. The van der Waals surface area contributed by atoms with E-state index >= 15 is 0 Å². The number of aromatic amines is 1. The maximum absolute atomic E-state index is 5.49. The fourth-order valence-electron chi connectivity index (χ4n) is 3.76. The lowest BCUT2D eigenvalue weighted by Gasteiger charge is -2.34. The number of hydrogen-bond donors (Lipinski definition) is 1. The van der Waals surface area contributed by atoms with Gasteiger partial charge < -0.3 is 24.2 Å². The number of aromatic nitrogens is 3. The van der Waals surface area contributed by atoms with Gasteiger partial charge in [0.2, 0.25) is 11.7 Å². The van der Waals surface area contributed by atoms with Gasteiger partial charge in [-0.05, 0) is 51.1 Å². The lowest BCUT2D eigenvalue weighted by atomic mass is 10.1. The zero-order chi connectivity index (χ0) is 19.3. The molecule has 1 saturated heterocycles. The number of benzene rings is 1. The summed E-state index contributed by atoms with van der Waals surface area (Å²) in [6, 6.07) is 8.25. The van der Waals surface area contributed by atoms with Crippen LogP contribution in [0.2, 0.25) is 0 Å². The van der Waals surface area contributed by atoms with Gasteiger partial charge in [-0.2, -0.15) is 4.98 Å². The zero-order valence-electron chi connectivity index (χ0n) is 16.9. The van der Waals surface area contributed by atoms with E-state index in [4.69, 9.17) is 4.52 Å². The highest BCUT2D eigenvalue weighted by Gasteiger charge is 2.17. The first-order valence-electron chi connectivity index (χ1n) is 10.2. The first-order chi connectivity index (χ1) is 13.7. The number of rotatable bonds is 8. The van der Waals surface area contributed by atoms with Crippen molar-refractivity contribution in [2.45, 2.75) is 12.8 Å². The first-order valence-corrected chi connectivity index (χ1v) is 10.2. The molecule has 7 heteroatoms. The summed E-state index contributed by atoms with van der Waals surface area (Å²) in [5, 5.41) is 5.36. The van der Waals surface area contributed by atoms with Crippen LogP contribution in [0.1, 0.15) is 12.3 Å². The van der Waals surface area contributed by atoms with Crippen LogP contribution in [0.5, 0.6) is 0 Å². The van der Waals surface area contributed by atoms with Crippen molar-refractivity contribution in [3.05, 3.63) is 36.4 Å². The second kappa shape index (κ2) is 8.86. The van der Waals surface area contributed by atoms with Gasteiger partial charge in [-0.3, -0.25) is 0 Å². The van der Waals surface area contributed by atoms with Crippen LogP contribution in [0.15, 0.2) is 35.0 Å². The monoisotopic (exact) mass is 382 g/mol. The van der Waals surface area contributed by atoms with Crippen molar-refractivity contribution in [1.29, 1.82) is 0 Å². The van der Waals surface area contributed by atoms with E-state index in [-0.39, 0.29) is 0 Å². The molecule has 0 spiro atoms. The zero-order valence-corrected chi connectivity index (χ0v) is 16.9. The molecule has 7 nitrogen and oxygen atoms in total. The molecule has 3 heterocycles. The summed E-state index contributed by atoms with van der Waals surface area (Å²) in [7, 11) is 4.28. The van der Waals surface area contributed by atoms with Crippen LogP contribution in [0.4, 0.5) is 0 Å². The van der Waals surface area contributed by atoms with E-state index in [0.29, 0.717) is 5.82 Å². The minimum absolute atomic E-state index is 0.664. The minimum atomic E-state index is 0.664. The molecule has 1 aliphatic rings. The average Bonchev–Trinajstić information content (AvgIpc) is 3.36. The Morgan fingerprint density at radius 2 is 1.86 bits per heavy atom. The highest BCUT2D eigenvalue weighted by atomic mass is 16.5. The van der Waals surface area contributed by atoms with E-state index in [1.54, 1.807) is 0 Å². The van der Waals surface area contributed by atoms with Crippen LogP contribution in [0.3, 0.4) is 0 Å². The van der Waals surface area contributed by atoms with Gasteiger partial charge in [0.1, 0.15) is 0 Å². The predicted molar refractivity (Wildman–Crippen MR) is 111 cm³/mol. The van der Waals surface area contributed by atoms with Crippen LogP contribution in [0, 0.1) is 0 Å². The molecule has 0 bridgehead atoms. The highest BCUT2D eigenvalue weighted by Crippen LogP contribution is 2.21. The molecule has 1 fully saturated rings. The smallest absolute Gasteiger partial charge is 0.228 e. The number of hydrogen-bond acceptors (Lipinski definition) is 6. The Labute approximate surface area is 166 Å². The second-order valence-electron chi connectivity index (χ2n) is 7.88. The molecule has 1 N–H and O–H groups in total. The third kappa shape index (κ3) is 4.79. The van der Waals surface area contributed by atoms with Gasteiger partial charge >= 0.3 is 0 Å². The maximum atomic E-state index is 5.49. The third-order valence-corrected chi connectivity index (χ3v) is 5.47. The Hall–Kier alpha value is -2.22. The molecule has 0 unspecified atom stereocenters. The van der Waals surface area contributed by atoms with E-state index in [0.717, 1.165) is 62.7 Å². The van der Waals surface area contributed by atoms with Crippen LogP contribution < -0.4 is 0 Å². The van der Waals surface area contributed by atoms with Gasteiger partial charge in [0.25, 0.3) is 0 Å². The van der Waals surface area contributed by atoms with Crippen molar-refractivity contribution >= 4 is 10.9 Å². The molecule has 0 atom stereocenters. The first kappa shape index (κ1) is 19.1. The average molecular weight is 383 g/mol. The van der Waals surface area contributed by atoms with Gasteiger partial charge in [0.15, 0.2) is 0 Å². The van der Waals surface area contributed by atoms with Crippen molar-refractivity contribution < 1.29 is 4.52 Å². The summed E-state index contributed by atoms with van der Waals surface area (Å²) < 4.78 is 5.49. The molecule has 0 radical (unpaired) electrons. The van der Waals surface area contributed by atoms with Crippen molar-refractivity contribution in [1.82, 2.24) is 29.8 Å². The molecule has 150 valence electrons. The highest BCUT2D eigenvalue weighted by molar-refractivity contribution is 5.83. The Morgan fingerprint density at radius 1 is 1.07 bits per heavy atom. The van der Waals surface area contributed by atoms with E-state index in [2.05, 4.69) is 62.1 Å². The second-order valence-corrected chi connectivity index (χ2v) is 7.88. The van der Waals surface area contributed by atoms with Gasteiger partial charge in [-0.1, -0.05) is 17.3 Å². The summed E-state index contributed by atoms with van der Waals surface area (Å²) in [6.45, 7) is 7.87. The number of piperazine rings is 1. The Bertz CT molecular complexity index is 878. The molecule has 28 heavy (non-hydrogen) atoms. The van der Waals surface area contributed by atoms with E-state index in [9.17, 15) is 0 Å². The lowest BCUT2D eigenvalue weighted by molar-refractivity contribution is 0.128. The standard InChI is InChI=1S/C21H30N6O/c1-25(2)9-3-10-26-12-14-27(15-13-26)11-7-20-23-21(24-28-20)18-5-4-17-6-8-22-19(17)16-18/h4-6,8,16,22H,3,7,9-15H2,1-2H3. The fourth-order valence-corrected chi connectivity index (χ4v) is 3.76. The number of H-pyrrole nitrogens is 1. The van der Waals surface area contributed by atoms with Crippen LogP contribution in [0.25, 0.3) is 22.3 Å². The van der Waals surface area contributed by atoms with Crippen LogP contribution >= 0.6 is 0 Å². The van der Waals surface area contributed by atoms with Crippen LogP contribution in [-0.4, -0.2) is 89.7 Å². The normalized spacial score (nSPS) is 16.4. The Kier molecular flexibility index (Phi) is 6.04. The molecular formula is C21H30N6O. The minimum Gasteiger partial charge on any atom is -0.361 e. The Balaban J connectivity index is 1.24. The van der Waals surface area contributed by atoms with Crippen LogP contribution in [-0.2, 0) is 6.42 Å². The van der Waals surface area contributed by atoms with Crippen molar-refractivity contribution in [3.63, 3.8) is 0 Å². The summed E-state index contributed by atoms with van der Waals surface area (Å²) in [6.07, 6.45) is 3.99. The van der Waals surface area contributed by atoms with Gasteiger partial charge in [0, 0.05) is 56.4 Å². The molecule has 0 amide bonds. The number of nitrogens with one attached hydrogen (secondary N) is 1. The van der Waals surface area contributed by atoms with E-state index in [1.807, 2.05) is 12.3 Å².